The van der Waals surface area contributed by atoms with Crippen LogP contribution in [0, 0.1) is 0 Å². The number of ketones is 1. The van der Waals surface area contributed by atoms with Crippen molar-refractivity contribution in [3.63, 3.8) is 0 Å². The number of imidazole rings is 1. The van der Waals surface area contributed by atoms with E-state index in [-0.39, 0.29) is 5.78 Å². The zero-order valence-corrected chi connectivity index (χ0v) is 14.1. The maximum atomic E-state index is 13.2. The number of hydrogen-bond donors (Lipinski definition) is 0. The second kappa shape index (κ2) is 6.06. The smallest absolute Gasteiger partial charge is 0.212 e. The summed E-state index contributed by atoms with van der Waals surface area (Å²) in [6.45, 7) is 2.11. The lowest BCUT2D eigenvalue weighted by Crippen LogP contribution is -2.06. The van der Waals surface area contributed by atoms with Gasteiger partial charge in [-0.3, -0.25) is 9.20 Å². The van der Waals surface area contributed by atoms with E-state index in [4.69, 9.17) is 0 Å². The summed E-state index contributed by atoms with van der Waals surface area (Å²) < 4.78 is 1.89. The fourth-order valence-electron chi connectivity index (χ4n) is 2.83. The number of carbonyl (C=O) groups excluding carboxylic acids is 1. The molecule has 0 aliphatic carbocycles. The van der Waals surface area contributed by atoms with Crippen LogP contribution in [0.15, 0.2) is 66.2 Å². The van der Waals surface area contributed by atoms with Gasteiger partial charge in [-0.15, -0.1) is 11.3 Å². The molecule has 0 saturated carbocycles. The number of fused-ring (bicyclic) bond motifs is 1. The van der Waals surface area contributed by atoms with Gasteiger partial charge in [0, 0.05) is 22.7 Å². The quantitative estimate of drug-likeness (QED) is 0.500. The number of thiazole rings is 1. The van der Waals surface area contributed by atoms with Crippen molar-refractivity contribution < 1.29 is 4.79 Å². The molecule has 4 rings (SSSR count). The molecule has 0 saturated heterocycles. The summed E-state index contributed by atoms with van der Waals surface area (Å²) in [5.74, 6) is 0.00223. The zero-order valence-electron chi connectivity index (χ0n) is 13.3. The van der Waals surface area contributed by atoms with E-state index < -0.39 is 0 Å². The Morgan fingerprint density at radius 1 is 1.08 bits per heavy atom. The number of aryl methyl sites for hydroxylation is 1. The van der Waals surface area contributed by atoms with Crippen LogP contribution in [0.4, 0.5) is 0 Å². The maximum absolute atomic E-state index is 13.2. The number of hydrogen-bond acceptors (Lipinski definition) is 3. The molecule has 3 nitrogen and oxygen atoms in total. The van der Waals surface area contributed by atoms with Crippen molar-refractivity contribution in [3.8, 4) is 11.3 Å². The highest BCUT2D eigenvalue weighted by Crippen LogP contribution is 2.28. The molecule has 0 radical (unpaired) electrons. The van der Waals surface area contributed by atoms with Gasteiger partial charge in [-0.25, -0.2) is 4.98 Å². The Labute approximate surface area is 144 Å². The summed E-state index contributed by atoms with van der Waals surface area (Å²) in [6, 6.07) is 17.7. The van der Waals surface area contributed by atoms with Crippen molar-refractivity contribution >= 4 is 22.1 Å². The first kappa shape index (κ1) is 14.8. The number of nitrogens with zero attached hydrogens (tertiary/aromatic N) is 2. The molecule has 2 aromatic carbocycles. The van der Waals surface area contributed by atoms with Crippen LogP contribution in [0.5, 0.6) is 0 Å². The minimum absolute atomic E-state index is 0.00223. The van der Waals surface area contributed by atoms with Gasteiger partial charge >= 0.3 is 0 Å². The molecule has 0 atom stereocenters. The van der Waals surface area contributed by atoms with E-state index in [0.717, 1.165) is 22.6 Å². The monoisotopic (exact) mass is 332 g/mol. The first-order chi connectivity index (χ1) is 11.8. The minimum Gasteiger partial charge on any atom is -0.287 e. The standard InChI is InChI=1S/C20H16N2OS/c1-2-14-8-10-16(11-9-14)19(23)18-17(15-6-4-3-5-7-15)21-20-22(18)12-13-24-20/h3-13H,2H2,1H3. The van der Waals surface area contributed by atoms with Crippen LogP contribution in [0.2, 0.25) is 0 Å². The molecule has 2 heterocycles. The average molecular weight is 332 g/mol. The van der Waals surface area contributed by atoms with Crippen LogP contribution < -0.4 is 0 Å². The predicted octanol–water partition coefficient (Wildman–Crippen LogP) is 4.86. The molecule has 0 N–H and O–H groups in total. The van der Waals surface area contributed by atoms with Gasteiger partial charge in [0.15, 0.2) is 4.96 Å². The number of carbonyl (C=O) groups is 1. The van der Waals surface area contributed by atoms with Crippen molar-refractivity contribution in [3.05, 3.63) is 83.0 Å². The second-order valence-corrected chi connectivity index (χ2v) is 6.48. The zero-order chi connectivity index (χ0) is 16.5. The first-order valence-electron chi connectivity index (χ1n) is 7.92. The Morgan fingerprint density at radius 3 is 2.54 bits per heavy atom. The fraction of sp³-hybridized carbons (Fsp3) is 0.100. The van der Waals surface area contributed by atoms with Gasteiger partial charge in [-0.1, -0.05) is 61.5 Å². The largest absolute Gasteiger partial charge is 0.287 e. The third-order valence-corrected chi connectivity index (χ3v) is 4.91. The van der Waals surface area contributed by atoms with Gasteiger partial charge in [0.1, 0.15) is 11.4 Å². The van der Waals surface area contributed by atoms with Crippen molar-refractivity contribution in [2.45, 2.75) is 13.3 Å². The van der Waals surface area contributed by atoms with Crippen molar-refractivity contribution in [1.82, 2.24) is 9.38 Å². The van der Waals surface area contributed by atoms with Crippen LogP contribution in [0.25, 0.3) is 16.2 Å². The summed E-state index contributed by atoms with van der Waals surface area (Å²) in [5.41, 5.74) is 4.25. The van der Waals surface area contributed by atoms with Gasteiger partial charge in [0.05, 0.1) is 0 Å². The van der Waals surface area contributed by atoms with Gasteiger partial charge in [-0.05, 0) is 12.0 Å². The summed E-state index contributed by atoms with van der Waals surface area (Å²) in [6.07, 6.45) is 2.87. The molecular weight excluding hydrogens is 316 g/mol. The van der Waals surface area contributed by atoms with Crippen molar-refractivity contribution in [2.75, 3.05) is 0 Å². The van der Waals surface area contributed by atoms with Crippen molar-refractivity contribution in [1.29, 1.82) is 0 Å². The summed E-state index contributed by atoms with van der Waals surface area (Å²) in [4.78, 5) is 18.7. The van der Waals surface area contributed by atoms with Crippen LogP contribution >= 0.6 is 11.3 Å². The molecule has 0 fully saturated rings. The maximum Gasteiger partial charge on any atom is 0.212 e. The van der Waals surface area contributed by atoms with E-state index in [1.54, 1.807) is 0 Å². The summed E-state index contributed by atoms with van der Waals surface area (Å²) in [7, 11) is 0. The Morgan fingerprint density at radius 2 is 1.83 bits per heavy atom. The van der Waals surface area contributed by atoms with E-state index in [9.17, 15) is 4.79 Å². The van der Waals surface area contributed by atoms with Crippen molar-refractivity contribution in [2.24, 2.45) is 0 Å². The molecule has 0 amide bonds. The number of rotatable bonds is 4. The molecule has 118 valence electrons. The van der Waals surface area contributed by atoms with E-state index in [1.165, 1.54) is 16.9 Å². The highest BCUT2D eigenvalue weighted by atomic mass is 32.1. The molecule has 0 aliphatic rings. The van der Waals surface area contributed by atoms with Gasteiger partial charge in [-0.2, -0.15) is 0 Å². The molecule has 0 bridgehead atoms. The molecule has 4 heteroatoms. The van der Waals surface area contributed by atoms with Gasteiger partial charge < -0.3 is 0 Å². The van der Waals surface area contributed by atoms with E-state index >= 15 is 0 Å². The summed E-state index contributed by atoms with van der Waals surface area (Å²) >= 11 is 1.54. The highest BCUT2D eigenvalue weighted by molar-refractivity contribution is 7.15. The summed E-state index contributed by atoms with van der Waals surface area (Å²) in [5, 5.41) is 1.95. The van der Waals surface area contributed by atoms with E-state index in [1.807, 2.05) is 70.6 Å². The van der Waals surface area contributed by atoms with Crippen LogP contribution in [0.1, 0.15) is 28.5 Å². The van der Waals surface area contributed by atoms with E-state index in [0.29, 0.717) is 11.3 Å². The van der Waals surface area contributed by atoms with Gasteiger partial charge in [0.2, 0.25) is 5.78 Å². The van der Waals surface area contributed by atoms with Crippen LogP contribution in [-0.2, 0) is 6.42 Å². The Hall–Kier alpha value is -2.72. The predicted molar refractivity (Wildman–Crippen MR) is 97.8 cm³/mol. The molecule has 0 aliphatic heterocycles. The fourth-order valence-corrected chi connectivity index (χ4v) is 3.54. The number of benzene rings is 2. The minimum atomic E-state index is 0.00223. The number of aromatic nitrogens is 2. The SMILES string of the molecule is CCc1ccc(C(=O)c2c(-c3ccccc3)nc3sccn23)cc1. The van der Waals surface area contributed by atoms with Crippen LogP contribution in [0.3, 0.4) is 0 Å². The first-order valence-corrected chi connectivity index (χ1v) is 8.80. The van der Waals surface area contributed by atoms with Gasteiger partial charge in [0.25, 0.3) is 0 Å². The molecule has 2 aromatic heterocycles. The highest BCUT2D eigenvalue weighted by Gasteiger charge is 2.22. The lowest BCUT2D eigenvalue weighted by atomic mass is 10.0. The Kier molecular flexibility index (Phi) is 3.75. The van der Waals surface area contributed by atoms with E-state index in [2.05, 4.69) is 11.9 Å². The molecule has 24 heavy (non-hydrogen) atoms. The Balaban J connectivity index is 1.88. The van der Waals surface area contributed by atoms with Crippen LogP contribution in [-0.4, -0.2) is 15.2 Å². The Bertz CT molecular complexity index is 997. The molecule has 4 aromatic rings. The molecule has 0 spiro atoms. The average Bonchev–Trinajstić information content (AvgIpc) is 3.23. The third kappa shape index (κ3) is 2.45. The molecule has 0 unspecified atom stereocenters. The normalized spacial score (nSPS) is 11.0. The topological polar surface area (TPSA) is 34.4 Å². The lowest BCUT2D eigenvalue weighted by Gasteiger charge is -2.05. The second-order valence-electron chi connectivity index (χ2n) is 5.61. The third-order valence-electron chi connectivity index (χ3n) is 4.15. The lowest BCUT2D eigenvalue weighted by molar-refractivity contribution is 0.103. The molecular formula is C20H16N2OS.